The molecule has 104 valence electrons. The average molecular weight is 312 g/mol. The van der Waals surface area contributed by atoms with E-state index in [4.69, 9.17) is 0 Å². The lowest BCUT2D eigenvalue weighted by atomic mass is 10.1. The second kappa shape index (κ2) is 9.55. The molecule has 1 fully saturated rings. The first kappa shape index (κ1) is 17.6. The van der Waals surface area contributed by atoms with Crippen LogP contribution in [0.4, 0.5) is 0 Å². The molecule has 1 saturated heterocycles. The average Bonchev–Trinajstić information content (AvgIpc) is 2.81. The third-order valence-electron chi connectivity index (χ3n) is 2.71. The smallest absolute Gasteiger partial charge is 0.220 e. The van der Waals surface area contributed by atoms with Gasteiger partial charge < -0.3 is 10.6 Å². The first-order valence-electron chi connectivity index (χ1n) is 5.73. The van der Waals surface area contributed by atoms with E-state index in [-0.39, 0.29) is 30.7 Å². The van der Waals surface area contributed by atoms with Crippen molar-refractivity contribution in [3.05, 3.63) is 16.6 Å². The highest BCUT2D eigenvalue weighted by Crippen LogP contribution is 2.07. The van der Waals surface area contributed by atoms with E-state index in [1.165, 1.54) is 0 Å². The molecule has 1 atom stereocenters. The summed E-state index contributed by atoms with van der Waals surface area (Å²) < 4.78 is 0. The third kappa shape index (κ3) is 6.00. The van der Waals surface area contributed by atoms with Crippen molar-refractivity contribution in [2.75, 3.05) is 13.1 Å². The highest BCUT2D eigenvalue weighted by atomic mass is 35.5. The van der Waals surface area contributed by atoms with Crippen LogP contribution in [0.1, 0.15) is 24.3 Å². The summed E-state index contributed by atoms with van der Waals surface area (Å²) in [6.07, 6.45) is 5.32. The van der Waals surface area contributed by atoms with Gasteiger partial charge in [0.25, 0.3) is 0 Å². The molecule has 0 aliphatic carbocycles. The van der Waals surface area contributed by atoms with Crippen molar-refractivity contribution >= 4 is 42.1 Å². The zero-order valence-corrected chi connectivity index (χ0v) is 12.5. The van der Waals surface area contributed by atoms with Crippen LogP contribution in [0.25, 0.3) is 0 Å². The molecule has 1 amide bonds. The maximum Gasteiger partial charge on any atom is 0.220 e. The Morgan fingerprint density at radius 2 is 2.39 bits per heavy atom. The predicted molar refractivity (Wildman–Crippen MR) is 79.0 cm³/mol. The first-order chi connectivity index (χ1) is 7.84. The molecule has 7 heteroatoms. The van der Waals surface area contributed by atoms with Crippen LogP contribution >= 0.6 is 36.2 Å². The molecule has 4 nitrogen and oxygen atoms in total. The molecule has 0 bridgehead atoms. The van der Waals surface area contributed by atoms with Crippen LogP contribution in [0.3, 0.4) is 0 Å². The molecule has 0 unspecified atom stereocenters. The molecular formula is C11H19Cl2N3OS. The minimum absolute atomic E-state index is 0. The fourth-order valence-electron chi connectivity index (χ4n) is 1.87. The van der Waals surface area contributed by atoms with Gasteiger partial charge in [0.2, 0.25) is 5.91 Å². The van der Waals surface area contributed by atoms with Gasteiger partial charge in [0.05, 0.1) is 5.01 Å². The fraction of sp³-hybridized carbons (Fsp3) is 0.636. The Morgan fingerprint density at radius 3 is 3.00 bits per heavy atom. The van der Waals surface area contributed by atoms with E-state index in [9.17, 15) is 4.79 Å². The SMILES string of the molecule is Cl.Cl.O=C(CCc1nccs1)N[C@H]1CCCNC1. The molecule has 1 aromatic heterocycles. The number of hydrogen-bond donors (Lipinski definition) is 2. The molecule has 1 aromatic rings. The Kier molecular flexibility index (Phi) is 9.36. The number of carbonyl (C=O) groups is 1. The normalized spacial score (nSPS) is 18.3. The lowest BCUT2D eigenvalue weighted by Crippen LogP contribution is -2.45. The van der Waals surface area contributed by atoms with Gasteiger partial charge in [0.15, 0.2) is 0 Å². The molecule has 2 heterocycles. The Morgan fingerprint density at radius 1 is 1.56 bits per heavy atom. The number of carbonyl (C=O) groups excluding carboxylic acids is 1. The highest BCUT2D eigenvalue weighted by Gasteiger charge is 2.15. The van der Waals surface area contributed by atoms with Gasteiger partial charge in [-0.15, -0.1) is 36.2 Å². The van der Waals surface area contributed by atoms with Crippen LogP contribution < -0.4 is 10.6 Å². The van der Waals surface area contributed by atoms with Crippen molar-refractivity contribution < 1.29 is 4.79 Å². The van der Waals surface area contributed by atoms with E-state index in [1.54, 1.807) is 17.5 Å². The number of nitrogens with one attached hydrogen (secondary N) is 2. The topological polar surface area (TPSA) is 54.0 Å². The summed E-state index contributed by atoms with van der Waals surface area (Å²) >= 11 is 1.61. The number of hydrogen-bond acceptors (Lipinski definition) is 4. The quantitative estimate of drug-likeness (QED) is 0.891. The lowest BCUT2D eigenvalue weighted by Gasteiger charge is -2.23. The molecule has 0 aromatic carbocycles. The largest absolute Gasteiger partial charge is 0.352 e. The van der Waals surface area contributed by atoms with E-state index < -0.39 is 0 Å². The van der Waals surface area contributed by atoms with Gasteiger partial charge in [0, 0.05) is 37.0 Å². The van der Waals surface area contributed by atoms with Crippen LogP contribution in [0, 0.1) is 0 Å². The fourth-order valence-corrected chi connectivity index (χ4v) is 2.49. The van der Waals surface area contributed by atoms with Crippen LogP contribution in [0.5, 0.6) is 0 Å². The second-order valence-corrected chi connectivity index (χ2v) is 5.02. The minimum Gasteiger partial charge on any atom is -0.352 e. The summed E-state index contributed by atoms with van der Waals surface area (Å²) in [7, 11) is 0. The van der Waals surface area contributed by atoms with Crippen molar-refractivity contribution in [1.82, 2.24) is 15.6 Å². The van der Waals surface area contributed by atoms with Gasteiger partial charge in [-0.25, -0.2) is 4.98 Å². The molecule has 1 aliphatic heterocycles. The number of nitrogens with zero attached hydrogens (tertiary/aromatic N) is 1. The second-order valence-electron chi connectivity index (χ2n) is 4.04. The van der Waals surface area contributed by atoms with Crippen LogP contribution in [0.2, 0.25) is 0 Å². The van der Waals surface area contributed by atoms with E-state index in [0.29, 0.717) is 12.5 Å². The van der Waals surface area contributed by atoms with Gasteiger partial charge >= 0.3 is 0 Å². The number of amides is 1. The van der Waals surface area contributed by atoms with E-state index in [2.05, 4.69) is 15.6 Å². The van der Waals surface area contributed by atoms with Crippen molar-refractivity contribution in [1.29, 1.82) is 0 Å². The van der Waals surface area contributed by atoms with Gasteiger partial charge in [0.1, 0.15) is 0 Å². The predicted octanol–water partition coefficient (Wildman–Crippen LogP) is 1.79. The zero-order valence-electron chi connectivity index (χ0n) is 10.1. The monoisotopic (exact) mass is 311 g/mol. The number of halogens is 2. The van der Waals surface area contributed by atoms with Crippen LogP contribution in [-0.4, -0.2) is 30.0 Å². The van der Waals surface area contributed by atoms with E-state index >= 15 is 0 Å². The number of piperidine rings is 1. The Hall–Kier alpha value is -0.360. The zero-order chi connectivity index (χ0) is 11.2. The minimum atomic E-state index is 0. The molecule has 0 saturated carbocycles. The Bertz CT molecular complexity index is 329. The summed E-state index contributed by atoms with van der Waals surface area (Å²) in [6.45, 7) is 1.98. The third-order valence-corrected chi connectivity index (χ3v) is 3.55. The van der Waals surface area contributed by atoms with Crippen LogP contribution in [-0.2, 0) is 11.2 Å². The maximum absolute atomic E-state index is 11.6. The van der Waals surface area contributed by atoms with E-state index in [1.807, 2.05) is 5.38 Å². The maximum atomic E-state index is 11.6. The number of rotatable bonds is 4. The molecule has 0 spiro atoms. The lowest BCUT2D eigenvalue weighted by molar-refractivity contribution is -0.121. The molecule has 1 aliphatic rings. The van der Waals surface area contributed by atoms with Gasteiger partial charge in [-0.2, -0.15) is 0 Å². The molecule has 0 radical (unpaired) electrons. The summed E-state index contributed by atoms with van der Waals surface area (Å²) in [5, 5.41) is 9.32. The molecular weight excluding hydrogens is 293 g/mol. The summed E-state index contributed by atoms with van der Waals surface area (Å²) in [4.78, 5) is 15.8. The van der Waals surface area contributed by atoms with Crippen molar-refractivity contribution in [2.45, 2.75) is 31.7 Å². The van der Waals surface area contributed by atoms with Crippen molar-refractivity contribution in [3.63, 3.8) is 0 Å². The van der Waals surface area contributed by atoms with Crippen molar-refractivity contribution in [2.24, 2.45) is 0 Å². The Balaban J connectivity index is 0.00000144. The number of aromatic nitrogens is 1. The molecule has 2 rings (SSSR count). The summed E-state index contributed by atoms with van der Waals surface area (Å²) in [5.41, 5.74) is 0. The summed E-state index contributed by atoms with van der Waals surface area (Å²) in [6, 6.07) is 0.317. The molecule has 18 heavy (non-hydrogen) atoms. The number of thiazole rings is 1. The summed E-state index contributed by atoms with van der Waals surface area (Å²) in [5.74, 6) is 0.143. The molecule has 2 N–H and O–H groups in total. The van der Waals surface area contributed by atoms with Gasteiger partial charge in [-0.3, -0.25) is 4.79 Å². The number of aryl methyl sites for hydroxylation is 1. The van der Waals surface area contributed by atoms with Gasteiger partial charge in [-0.05, 0) is 19.4 Å². The standard InChI is InChI=1S/C11H17N3OS.2ClH/c15-10(3-4-11-13-6-7-16-11)14-9-2-1-5-12-8-9;;/h6-7,9,12H,1-5,8H2,(H,14,15);2*1H/t9-;;/m0../s1. The first-order valence-corrected chi connectivity index (χ1v) is 6.61. The highest BCUT2D eigenvalue weighted by molar-refractivity contribution is 7.09. The van der Waals surface area contributed by atoms with Gasteiger partial charge in [-0.1, -0.05) is 0 Å². The van der Waals surface area contributed by atoms with E-state index in [0.717, 1.165) is 37.4 Å². The van der Waals surface area contributed by atoms with Crippen LogP contribution in [0.15, 0.2) is 11.6 Å². The van der Waals surface area contributed by atoms with Crippen molar-refractivity contribution in [3.8, 4) is 0 Å². The Labute approximate surface area is 124 Å².